The maximum Gasteiger partial charge on any atom is 0.140 e. The average molecular weight is 151 g/mol. The van der Waals surface area contributed by atoms with Gasteiger partial charge >= 0.3 is 0 Å². The second-order valence-corrected chi connectivity index (χ2v) is 2.03. The third kappa shape index (κ3) is 0.861. The van der Waals surface area contributed by atoms with Gasteiger partial charge in [-0.3, -0.25) is 0 Å². The molecule has 2 rings (SSSR count). The Morgan fingerprint density at radius 2 is 2.27 bits per heavy atom. The Hall–Kier alpha value is -1.78. The van der Waals surface area contributed by atoms with E-state index in [-0.39, 0.29) is 0 Å². The van der Waals surface area contributed by atoms with E-state index in [1.54, 1.807) is 0 Å². The molecule has 0 saturated carbocycles. The van der Waals surface area contributed by atoms with Crippen LogP contribution in [0.3, 0.4) is 0 Å². The molecule has 5 heteroatoms. The van der Waals surface area contributed by atoms with Crippen molar-refractivity contribution in [1.29, 1.82) is 0 Å². The third-order valence-corrected chi connectivity index (χ3v) is 1.33. The van der Waals surface area contributed by atoms with E-state index >= 15 is 0 Å². The van der Waals surface area contributed by atoms with Gasteiger partial charge in [0.05, 0.1) is 17.4 Å². The van der Waals surface area contributed by atoms with Gasteiger partial charge in [0, 0.05) is 0 Å². The Balaban J connectivity index is 2.53. The smallest absolute Gasteiger partial charge is 0.140 e. The van der Waals surface area contributed by atoms with Gasteiger partial charge in [0.2, 0.25) is 0 Å². The van der Waals surface area contributed by atoms with Crippen LogP contribution in [0.15, 0.2) is 27.8 Å². The van der Waals surface area contributed by atoms with Crippen LogP contribution in [0.5, 0.6) is 0 Å². The minimum Gasteiger partial charge on any atom is -0.470 e. The van der Waals surface area contributed by atoms with E-state index in [4.69, 9.17) is 10.2 Å². The molecule has 0 aromatic carbocycles. The zero-order valence-corrected chi connectivity index (χ0v) is 5.52. The van der Waals surface area contributed by atoms with Gasteiger partial charge in [-0.25, -0.2) is 4.63 Å². The van der Waals surface area contributed by atoms with E-state index in [2.05, 4.69) is 14.9 Å². The summed E-state index contributed by atoms with van der Waals surface area (Å²) in [6.45, 7) is 0. The lowest BCUT2D eigenvalue weighted by molar-refractivity contribution is 0.308. The second kappa shape index (κ2) is 2.12. The molecule has 2 N–H and O–H groups in total. The number of nitrogens with two attached hydrogens (primary N) is 1. The maximum atomic E-state index is 5.53. The molecule has 2 aromatic heterocycles. The van der Waals surface area contributed by atoms with Crippen molar-refractivity contribution in [2.75, 3.05) is 5.73 Å². The van der Waals surface area contributed by atoms with Gasteiger partial charge in [-0.1, -0.05) is 5.16 Å². The lowest BCUT2D eigenvalue weighted by Gasteiger charge is -1.86. The standard InChI is InChI=1S/C6H5N3O2/c7-5-3-10-2-4(5)6-1-8-11-9-6/h1-3H,7H2. The van der Waals surface area contributed by atoms with Gasteiger partial charge in [-0.05, 0) is 5.16 Å². The number of nitrogen functional groups attached to an aromatic ring is 1. The molecule has 56 valence electrons. The summed E-state index contributed by atoms with van der Waals surface area (Å²) >= 11 is 0. The monoisotopic (exact) mass is 151 g/mol. The van der Waals surface area contributed by atoms with E-state index in [9.17, 15) is 0 Å². The summed E-state index contributed by atoms with van der Waals surface area (Å²) in [7, 11) is 0. The molecule has 2 aromatic rings. The van der Waals surface area contributed by atoms with E-state index in [1.165, 1.54) is 18.7 Å². The first kappa shape index (κ1) is 5.96. The number of nitrogens with zero attached hydrogens (tertiary/aromatic N) is 2. The lowest BCUT2D eigenvalue weighted by atomic mass is 10.2. The first-order valence-electron chi connectivity index (χ1n) is 2.97. The van der Waals surface area contributed by atoms with Crippen LogP contribution in [0.2, 0.25) is 0 Å². The van der Waals surface area contributed by atoms with Crippen molar-refractivity contribution in [2.24, 2.45) is 0 Å². The van der Waals surface area contributed by atoms with Crippen LogP contribution in [0.4, 0.5) is 5.69 Å². The van der Waals surface area contributed by atoms with Gasteiger partial charge in [0.25, 0.3) is 0 Å². The predicted molar refractivity (Wildman–Crippen MR) is 36.4 cm³/mol. The molecule has 2 heterocycles. The summed E-state index contributed by atoms with van der Waals surface area (Å²) in [5.41, 5.74) is 7.34. The van der Waals surface area contributed by atoms with E-state index in [0.717, 1.165) is 0 Å². The van der Waals surface area contributed by atoms with E-state index < -0.39 is 0 Å². The number of hydrogen-bond donors (Lipinski definition) is 1. The van der Waals surface area contributed by atoms with Crippen LogP contribution in [0.25, 0.3) is 11.3 Å². The fourth-order valence-electron chi connectivity index (χ4n) is 0.798. The quantitative estimate of drug-likeness (QED) is 0.655. The molecule has 0 atom stereocenters. The normalized spacial score (nSPS) is 10.2. The number of furan rings is 1. The predicted octanol–water partition coefficient (Wildman–Crippen LogP) is 0.912. The number of hydrogen-bond acceptors (Lipinski definition) is 5. The van der Waals surface area contributed by atoms with Crippen molar-refractivity contribution < 1.29 is 9.05 Å². The molecule has 0 bridgehead atoms. The molecule has 0 fully saturated rings. The molecule has 11 heavy (non-hydrogen) atoms. The van der Waals surface area contributed by atoms with Crippen molar-refractivity contribution in [3.05, 3.63) is 18.7 Å². The Morgan fingerprint density at radius 1 is 1.36 bits per heavy atom. The Labute approximate surface area is 61.8 Å². The molecule has 0 aliphatic heterocycles. The van der Waals surface area contributed by atoms with Gasteiger partial charge in [-0.2, -0.15) is 0 Å². The van der Waals surface area contributed by atoms with Crippen LogP contribution < -0.4 is 5.73 Å². The van der Waals surface area contributed by atoms with Crippen molar-refractivity contribution >= 4 is 5.69 Å². The minimum atomic E-state index is 0.528. The summed E-state index contributed by atoms with van der Waals surface area (Å²) in [5.74, 6) is 0. The summed E-state index contributed by atoms with van der Waals surface area (Å²) in [4.78, 5) is 0. The van der Waals surface area contributed by atoms with Crippen molar-refractivity contribution in [3.63, 3.8) is 0 Å². The molecule has 0 aliphatic carbocycles. The van der Waals surface area contributed by atoms with Crippen molar-refractivity contribution in [2.45, 2.75) is 0 Å². The highest BCUT2D eigenvalue weighted by Gasteiger charge is 2.07. The van der Waals surface area contributed by atoms with Crippen LogP contribution in [0.1, 0.15) is 0 Å². The number of rotatable bonds is 1. The third-order valence-electron chi connectivity index (χ3n) is 1.33. The van der Waals surface area contributed by atoms with Gasteiger partial charge in [0.1, 0.15) is 18.2 Å². The maximum absolute atomic E-state index is 5.53. The molecule has 5 nitrogen and oxygen atoms in total. The highest BCUT2D eigenvalue weighted by molar-refractivity contribution is 5.70. The van der Waals surface area contributed by atoms with Crippen molar-refractivity contribution in [1.82, 2.24) is 10.3 Å². The summed E-state index contributed by atoms with van der Waals surface area (Å²) in [5, 5.41) is 7.03. The Morgan fingerprint density at radius 3 is 2.82 bits per heavy atom. The second-order valence-electron chi connectivity index (χ2n) is 2.03. The summed E-state index contributed by atoms with van der Waals surface area (Å²) in [6, 6.07) is 0. The average Bonchev–Trinajstić information content (AvgIpc) is 2.55. The highest BCUT2D eigenvalue weighted by Crippen LogP contribution is 2.23. The minimum absolute atomic E-state index is 0.528. The van der Waals surface area contributed by atoms with Crippen molar-refractivity contribution in [3.8, 4) is 11.3 Å². The molecule has 0 unspecified atom stereocenters. The summed E-state index contributed by atoms with van der Waals surface area (Å²) < 4.78 is 9.23. The fourth-order valence-corrected chi connectivity index (χ4v) is 0.798. The van der Waals surface area contributed by atoms with Crippen LogP contribution in [-0.4, -0.2) is 10.3 Å². The summed E-state index contributed by atoms with van der Waals surface area (Å²) in [6.07, 6.45) is 4.40. The zero-order valence-electron chi connectivity index (χ0n) is 5.52. The molecular weight excluding hydrogens is 146 g/mol. The molecular formula is C6H5N3O2. The fraction of sp³-hybridized carbons (Fsp3) is 0. The number of anilines is 1. The van der Waals surface area contributed by atoms with E-state index in [1.807, 2.05) is 0 Å². The van der Waals surface area contributed by atoms with Crippen LogP contribution >= 0.6 is 0 Å². The first-order valence-corrected chi connectivity index (χ1v) is 2.97. The van der Waals surface area contributed by atoms with Gasteiger partial charge in [0.15, 0.2) is 0 Å². The molecule has 0 saturated heterocycles. The molecule has 0 radical (unpaired) electrons. The SMILES string of the molecule is Nc1cocc1-c1cnon1. The van der Waals surface area contributed by atoms with Gasteiger partial charge in [-0.15, -0.1) is 0 Å². The zero-order chi connectivity index (χ0) is 7.68. The van der Waals surface area contributed by atoms with E-state index in [0.29, 0.717) is 16.9 Å². The highest BCUT2D eigenvalue weighted by atomic mass is 16.6. The largest absolute Gasteiger partial charge is 0.470 e. The topological polar surface area (TPSA) is 78.1 Å². The Bertz CT molecular complexity index is 338. The van der Waals surface area contributed by atoms with Crippen LogP contribution in [-0.2, 0) is 0 Å². The molecule has 0 aliphatic rings. The van der Waals surface area contributed by atoms with Crippen LogP contribution in [0, 0.1) is 0 Å². The lowest BCUT2D eigenvalue weighted by Crippen LogP contribution is -1.83. The number of aromatic nitrogens is 2. The van der Waals surface area contributed by atoms with Gasteiger partial charge < -0.3 is 10.2 Å². The molecule has 0 spiro atoms. The molecule has 0 amide bonds. The first-order chi connectivity index (χ1) is 5.38. The Kier molecular flexibility index (Phi) is 1.15.